The summed E-state index contributed by atoms with van der Waals surface area (Å²) in [6.45, 7) is 1.73. The van der Waals surface area contributed by atoms with Crippen molar-refractivity contribution in [2.24, 2.45) is 0 Å². The van der Waals surface area contributed by atoms with E-state index in [-0.39, 0.29) is 22.8 Å². The van der Waals surface area contributed by atoms with Gasteiger partial charge in [-0.15, -0.1) is 6.58 Å². The quantitative estimate of drug-likeness (QED) is 0.667. The molecule has 0 aliphatic heterocycles. The number of alkyl halides is 3. The van der Waals surface area contributed by atoms with Gasteiger partial charge >= 0.3 is 6.18 Å². The fourth-order valence-electron chi connectivity index (χ4n) is 2.45. The molecule has 27 heavy (non-hydrogen) atoms. The highest BCUT2D eigenvalue weighted by atomic mass is 32.2. The molecule has 2 rings (SSSR count). The van der Waals surface area contributed by atoms with E-state index in [4.69, 9.17) is 0 Å². The maximum Gasteiger partial charge on any atom is 0.406 e. The van der Waals surface area contributed by atoms with E-state index < -0.39 is 28.5 Å². The lowest BCUT2D eigenvalue weighted by Crippen LogP contribution is -2.39. The molecule has 0 aliphatic rings. The van der Waals surface area contributed by atoms with Gasteiger partial charge in [0.25, 0.3) is 5.91 Å². The third-order valence-electron chi connectivity index (χ3n) is 3.67. The molecule has 0 aliphatic carbocycles. The zero-order valence-corrected chi connectivity index (χ0v) is 15.1. The summed E-state index contributed by atoms with van der Waals surface area (Å²) in [4.78, 5) is 13.1. The van der Waals surface area contributed by atoms with Crippen molar-refractivity contribution in [3.63, 3.8) is 0 Å². The van der Waals surface area contributed by atoms with Gasteiger partial charge < -0.3 is 4.90 Å². The average molecular weight is 397 g/mol. The molecule has 0 saturated heterocycles. The Morgan fingerprint density at radius 3 is 2.15 bits per heavy atom. The van der Waals surface area contributed by atoms with Crippen LogP contribution in [0.3, 0.4) is 0 Å². The molecule has 0 spiro atoms. The van der Waals surface area contributed by atoms with Crippen molar-refractivity contribution in [3.8, 4) is 0 Å². The number of hydrogen-bond acceptors (Lipinski definition) is 3. The Labute approximate surface area is 155 Å². The number of carbonyl (C=O) groups is 1. The van der Waals surface area contributed by atoms with Gasteiger partial charge in [-0.05, 0) is 29.8 Å². The number of halogens is 3. The van der Waals surface area contributed by atoms with Crippen LogP contribution in [0.25, 0.3) is 0 Å². The van der Waals surface area contributed by atoms with Gasteiger partial charge in [-0.3, -0.25) is 4.79 Å². The topological polar surface area (TPSA) is 54.5 Å². The first-order chi connectivity index (χ1) is 12.6. The molecule has 2 aromatic rings. The SMILES string of the molecule is C=CCN(CC(F)(F)F)C(=O)c1ccc(CS(=O)(=O)c2ccccc2)cc1. The number of benzene rings is 2. The predicted octanol–water partition coefficient (Wildman–Crippen LogP) is 3.85. The van der Waals surface area contributed by atoms with Crippen LogP contribution in [0, 0.1) is 0 Å². The Balaban J connectivity index is 2.16. The molecular formula is C19H18F3NO3S. The van der Waals surface area contributed by atoms with Crippen LogP contribution >= 0.6 is 0 Å². The van der Waals surface area contributed by atoms with Crippen molar-refractivity contribution in [3.05, 3.63) is 78.4 Å². The van der Waals surface area contributed by atoms with Crippen LogP contribution in [0.15, 0.2) is 72.1 Å². The Morgan fingerprint density at radius 2 is 1.63 bits per heavy atom. The van der Waals surface area contributed by atoms with E-state index in [0.717, 1.165) is 0 Å². The van der Waals surface area contributed by atoms with Crippen molar-refractivity contribution in [2.45, 2.75) is 16.8 Å². The third kappa shape index (κ3) is 5.96. The van der Waals surface area contributed by atoms with Crippen LogP contribution in [-0.2, 0) is 15.6 Å². The minimum absolute atomic E-state index is 0.0435. The molecule has 0 atom stereocenters. The van der Waals surface area contributed by atoms with Gasteiger partial charge in [-0.2, -0.15) is 13.2 Å². The number of carbonyl (C=O) groups excluding carboxylic acids is 1. The minimum Gasteiger partial charge on any atom is -0.326 e. The molecule has 0 unspecified atom stereocenters. The molecule has 4 nitrogen and oxygen atoms in total. The second-order valence-corrected chi connectivity index (χ2v) is 7.85. The lowest BCUT2D eigenvalue weighted by molar-refractivity contribution is -0.139. The van der Waals surface area contributed by atoms with Crippen molar-refractivity contribution in [1.82, 2.24) is 4.90 Å². The number of amides is 1. The van der Waals surface area contributed by atoms with Crippen molar-refractivity contribution < 1.29 is 26.4 Å². The highest BCUT2D eigenvalue weighted by Crippen LogP contribution is 2.20. The number of sulfone groups is 1. The first-order valence-corrected chi connectivity index (χ1v) is 9.61. The largest absolute Gasteiger partial charge is 0.406 e. The van der Waals surface area contributed by atoms with Crippen molar-refractivity contribution in [2.75, 3.05) is 13.1 Å². The van der Waals surface area contributed by atoms with Crippen LogP contribution in [0.1, 0.15) is 15.9 Å². The average Bonchev–Trinajstić information content (AvgIpc) is 2.61. The van der Waals surface area contributed by atoms with Gasteiger partial charge in [0.2, 0.25) is 0 Å². The fourth-order valence-corrected chi connectivity index (χ4v) is 3.82. The van der Waals surface area contributed by atoms with Gasteiger partial charge in [-0.1, -0.05) is 36.4 Å². The van der Waals surface area contributed by atoms with E-state index in [2.05, 4.69) is 6.58 Å². The summed E-state index contributed by atoms with van der Waals surface area (Å²) in [6, 6.07) is 13.4. The van der Waals surface area contributed by atoms with E-state index >= 15 is 0 Å². The molecular weight excluding hydrogens is 379 g/mol. The molecule has 0 fully saturated rings. The maximum absolute atomic E-state index is 12.6. The van der Waals surface area contributed by atoms with E-state index in [0.29, 0.717) is 10.5 Å². The van der Waals surface area contributed by atoms with Gasteiger partial charge in [0.1, 0.15) is 6.54 Å². The number of nitrogens with zero attached hydrogens (tertiary/aromatic N) is 1. The molecule has 0 N–H and O–H groups in total. The maximum atomic E-state index is 12.6. The molecule has 8 heteroatoms. The molecule has 0 heterocycles. The van der Waals surface area contributed by atoms with Crippen LogP contribution in [-0.4, -0.2) is 38.5 Å². The molecule has 0 radical (unpaired) electrons. The summed E-state index contributed by atoms with van der Waals surface area (Å²) in [5, 5.41) is 0. The van der Waals surface area contributed by atoms with Gasteiger partial charge in [-0.25, -0.2) is 8.42 Å². The summed E-state index contributed by atoms with van der Waals surface area (Å²) in [5.41, 5.74) is 0.475. The Bertz CT molecular complexity index is 892. The standard InChI is InChI=1S/C19H18F3NO3S/c1-2-12-23(14-19(20,21)22)18(24)16-10-8-15(9-11-16)13-27(25,26)17-6-4-3-5-7-17/h2-11H,1,12-14H2. The van der Waals surface area contributed by atoms with E-state index in [9.17, 15) is 26.4 Å². The van der Waals surface area contributed by atoms with Crippen molar-refractivity contribution >= 4 is 15.7 Å². The zero-order valence-electron chi connectivity index (χ0n) is 14.3. The summed E-state index contributed by atoms with van der Waals surface area (Å²) >= 11 is 0. The molecule has 0 saturated carbocycles. The highest BCUT2D eigenvalue weighted by Gasteiger charge is 2.32. The Kier molecular flexibility index (Phi) is 6.43. The van der Waals surface area contributed by atoms with Crippen LogP contribution < -0.4 is 0 Å². The number of rotatable bonds is 7. The second kappa shape index (κ2) is 8.39. The summed E-state index contributed by atoms with van der Waals surface area (Å²) in [7, 11) is -3.55. The highest BCUT2D eigenvalue weighted by molar-refractivity contribution is 7.90. The van der Waals surface area contributed by atoms with E-state index in [1.807, 2.05) is 0 Å². The normalized spacial score (nSPS) is 11.8. The summed E-state index contributed by atoms with van der Waals surface area (Å²) in [5.74, 6) is -1.07. The molecule has 144 valence electrons. The Hall–Kier alpha value is -2.61. The smallest absolute Gasteiger partial charge is 0.326 e. The fraction of sp³-hybridized carbons (Fsp3) is 0.211. The van der Waals surface area contributed by atoms with Gasteiger partial charge in [0.05, 0.1) is 10.6 Å². The monoisotopic (exact) mass is 397 g/mol. The molecule has 0 bridgehead atoms. The zero-order chi connectivity index (χ0) is 20.1. The first-order valence-electron chi connectivity index (χ1n) is 7.96. The predicted molar refractivity (Wildman–Crippen MR) is 95.9 cm³/mol. The molecule has 1 amide bonds. The van der Waals surface area contributed by atoms with Gasteiger partial charge in [0.15, 0.2) is 9.84 Å². The van der Waals surface area contributed by atoms with Crippen LogP contribution in [0.2, 0.25) is 0 Å². The van der Waals surface area contributed by atoms with Crippen LogP contribution in [0.4, 0.5) is 13.2 Å². The van der Waals surface area contributed by atoms with E-state index in [1.54, 1.807) is 18.2 Å². The summed E-state index contributed by atoms with van der Waals surface area (Å²) < 4.78 is 62.6. The third-order valence-corrected chi connectivity index (χ3v) is 5.37. The van der Waals surface area contributed by atoms with Gasteiger partial charge in [0, 0.05) is 12.1 Å². The summed E-state index contributed by atoms with van der Waals surface area (Å²) in [6.07, 6.45) is -3.31. The lowest BCUT2D eigenvalue weighted by atomic mass is 10.1. The van der Waals surface area contributed by atoms with Crippen LogP contribution in [0.5, 0.6) is 0 Å². The minimum atomic E-state index is -4.53. The second-order valence-electron chi connectivity index (χ2n) is 5.86. The first kappa shape index (κ1) is 20.7. The van der Waals surface area contributed by atoms with Crippen molar-refractivity contribution in [1.29, 1.82) is 0 Å². The lowest BCUT2D eigenvalue weighted by Gasteiger charge is -2.22. The number of hydrogen-bond donors (Lipinski definition) is 0. The molecule has 0 aromatic heterocycles. The van der Waals surface area contributed by atoms with E-state index in [1.165, 1.54) is 42.5 Å². The molecule has 2 aromatic carbocycles. The Morgan fingerprint density at radius 1 is 1.04 bits per heavy atom.